The fourth-order valence-corrected chi connectivity index (χ4v) is 2.72. The molecule has 0 atom stereocenters. The first-order chi connectivity index (χ1) is 9.49. The molecule has 1 amide bonds. The molecule has 0 aliphatic rings. The van der Waals surface area contributed by atoms with E-state index >= 15 is 0 Å². The van der Waals surface area contributed by atoms with Crippen LogP contribution in [0.4, 0.5) is 0 Å². The molecule has 0 spiro atoms. The molecule has 2 rings (SSSR count). The normalized spacial score (nSPS) is 11.1. The van der Waals surface area contributed by atoms with Crippen LogP contribution in [0.15, 0.2) is 52.2 Å². The smallest absolute Gasteiger partial charge is 0.272 e. The molecule has 0 aliphatic carbocycles. The first-order valence-corrected chi connectivity index (χ1v) is 7.60. The van der Waals surface area contributed by atoms with E-state index in [2.05, 4.69) is 31.3 Å². The standard InChI is InChI=1S/C11H9BrN4O3S/c12-8-2-1-3-9(6-8)20(18,19)16-15-11(17)10-7-13-4-5-14-10/h1-7,16H,(H,15,17). The molecule has 0 bridgehead atoms. The number of sulfonamides is 1. The number of aromatic nitrogens is 2. The fraction of sp³-hybridized carbons (Fsp3) is 0. The predicted octanol–water partition coefficient (Wildman–Crippen LogP) is 0.862. The third kappa shape index (κ3) is 3.59. The molecule has 0 unspecified atom stereocenters. The molecule has 0 aliphatic heterocycles. The summed E-state index contributed by atoms with van der Waals surface area (Å²) in [5.74, 6) is -0.698. The second-order valence-electron chi connectivity index (χ2n) is 3.61. The SMILES string of the molecule is O=C(NNS(=O)(=O)c1cccc(Br)c1)c1cnccn1. The van der Waals surface area contributed by atoms with Crippen molar-refractivity contribution >= 4 is 31.9 Å². The number of nitrogens with one attached hydrogen (secondary N) is 2. The number of nitrogens with zero attached hydrogens (tertiary/aromatic N) is 2. The molecular weight excluding hydrogens is 348 g/mol. The van der Waals surface area contributed by atoms with E-state index < -0.39 is 15.9 Å². The summed E-state index contributed by atoms with van der Waals surface area (Å²) >= 11 is 3.17. The van der Waals surface area contributed by atoms with E-state index in [0.29, 0.717) is 4.47 Å². The molecule has 9 heteroatoms. The Morgan fingerprint density at radius 1 is 1.25 bits per heavy atom. The minimum Gasteiger partial charge on any atom is -0.272 e. The topological polar surface area (TPSA) is 101 Å². The first-order valence-electron chi connectivity index (χ1n) is 5.33. The van der Waals surface area contributed by atoms with Gasteiger partial charge < -0.3 is 0 Å². The van der Waals surface area contributed by atoms with Crippen LogP contribution in [-0.2, 0) is 10.0 Å². The lowest BCUT2D eigenvalue weighted by Gasteiger charge is -2.08. The Bertz CT molecular complexity index is 721. The maximum atomic E-state index is 11.9. The zero-order valence-corrected chi connectivity index (χ0v) is 12.3. The molecule has 20 heavy (non-hydrogen) atoms. The van der Waals surface area contributed by atoms with Crippen LogP contribution in [0.25, 0.3) is 0 Å². The molecule has 0 radical (unpaired) electrons. The maximum Gasteiger partial charge on any atom is 0.286 e. The first kappa shape index (κ1) is 14.6. The van der Waals surface area contributed by atoms with Gasteiger partial charge in [0.05, 0.1) is 11.1 Å². The van der Waals surface area contributed by atoms with Gasteiger partial charge in [-0.25, -0.2) is 13.4 Å². The van der Waals surface area contributed by atoms with Crippen LogP contribution in [0.5, 0.6) is 0 Å². The number of halogens is 1. The van der Waals surface area contributed by atoms with Crippen molar-refractivity contribution in [1.82, 2.24) is 20.2 Å². The van der Waals surface area contributed by atoms with Gasteiger partial charge >= 0.3 is 0 Å². The Balaban J connectivity index is 2.09. The second-order valence-corrected chi connectivity index (χ2v) is 6.21. The van der Waals surface area contributed by atoms with Gasteiger partial charge in [0.15, 0.2) is 0 Å². The van der Waals surface area contributed by atoms with E-state index in [1.807, 2.05) is 4.83 Å². The Hall–Kier alpha value is -1.84. The van der Waals surface area contributed by atoms with Crippen LogP contribution >= 0.6 is 15.9 Å². The summed E-state index contributed by atoms with van der Waals surface area (Å²) in [5.41, 5.74) is 2.07. The molecule has 2 N–H and O–H groups in total. The highest BCUT2D eigenvalue weighted by Gasteiger charge is 2.16. The fourth-order valence-electron chi connectivity index (χ4n) is 1.29. The summed E-state index contributed by atoms with van der Waals surface area (Å²) in [6.45, 7) is 0. The van der Waals surface area contributed by atoms with Gasteiger partial charge in [-0.15, -0.1) is 4.83 Å². The molecular formula is C11H9BrN4O3S. The average Bonchev–Trinajstić information content (AvgIpc) is 2.46. The zero-order valence-electron chi connectivity index (χ0n) is 9.95. The average molecular weight is 357 g/mol. The quantitative estimate of drug-likeness (QED) is 0.791. The zero-order chi connectivity index (χ0) is 14.6. The van der Waals surface area contributed by atoms with Crippen LogP contribution in [0.1, 0.15) is 10.5 Å². The number of hydrogen-bond acceptors (Lipinski definition) is 5. The highest BCUT2D eigenvalue weighted by atomic mass is 79.9. The van der Waals surface area contributed by atoms with Crippen molar-refractivity contribution in [1.29, 1.82) is 0 Å². The van der Waals surface area contributed by atoms with E-state index in [-0.39, 0.29) is 10.6 Å². The molecule has 2 aromatic rings. The molecule has 0 saturated heterocycles. The third-order valence-corrected chi connectivity index (χ3v) is 3.94. The van der Waals surface area contributed by atoms with Gasteiger partial charge in [-0.2, -0.15) is 0 Å². The Kier molecular flexibility index (Phi) is 4.42. The summed E-state index contributed by atoms with van der Waals surface area (Å²) in [6.07, 6.45) is 3.96. The van der Waals surface area contributed by atoms with Crippen LogP contribution in [-0.4, -0.2) is 24.3 Å². The second kappa shape index (κ2) is 6.07. The van der Waals surface area contributed by atoms with Gasteiger partial charge in [-0.3, -0.25) is 15.2 Å². The van der Waals surface area contributed by atoms with Crippen molar-refractivity contribution in [2.24, 2.45) is 0 Å². The lowest BCUT2D eigenvalue weighted by Crippen LogP contribution is -2.41. The van der Waals surface area contributed by atoms with Gasteiger partial charge in [-0.1, -0.05) is 22.0 Å². The number of hydrogen-bond donors (Lipinski definition) is 2. The number of benzene rings is 1. The van der Waals surface area contributed by atoms with Gasteiger partial charge in [-0.05, 0) is 18.2 Å². The van der Waals surface area contributed by atoms with Crippen LogP contribution in [0, 0.1) is 0 Å². The van der Waals surface area contributed by atoms with Crippen molar-refractivity contribution in [3.63, 3.8) is 0 Å². The summed E-state index contributed by atoms with van der Waals surface area (Å²) in [7, 11) is -3.85. The minimum atomic E-state index is -3.85. The predicted molar refractivity (Wildman–Crippen MR) is 74.0 cm³/mol. The molecule has 1 heterocycles. The lowest BCUT2D eigenvalue weighted by molar-refractivity contribution is 0.0939. The van der Waals surface area contributed by atoms with Crippen LogP contribution in [0.3, 0.4) is 0 Å². The van der Waals surface area contributed by atoms with Gasteiger partial charge in [0, 0.05) is 16.9 Å². The minimum absolute atomic E-state index is 0.00411. The summed E-state index contributed by atoms with van der Waals surface area (Å²) in [5, 5.41) is 0. The number of carbonyl (C=O) groups excluding carboxylic acids is 1. The van der Waals surface area contributed by atoms with Crippen molar-refractivity contribution in [3.05, 3.63) is 53.0 Å². The lowest BCUT2D eigenvalue weighted by atomic mass is 10.4. The Morgan fingerprint density at radius 2 is 2.05 bits per heavy atom. The maximum absolute atomic E-state index is 11.9. The number of rotatable bonds is 4. The number of carbonyl (C=O) groups is 1. The molecule has 1 aromatic carbocycles. The molecule has 7 nitrogen and oxygen atoms in total. The van der Waals surface area contributed by atoms with Crippen molar-refractivity contribution < 1.29 is 13.2 Å². The van der Waals surface area contributed by atoms with Crippen LogP contribution in [0.2, 0.25) is 0 Å². The van der Waals surface area contributed by atoms with Gasteiger partial charge in [0.1, 0.15) is 5.69 Å². The van der Waals surface area contributed by atoms with E-state index in [4.69, 9.17) is 0 Å². The van der Waals surface area contributed by atoms with Crippen LogP contribution < -0.4 is 10.3 Å². The van der Waals surface area contributed by atoms with E-state index in [0.717, 1.165) is 0 Å². The highest BCUT2D eigenvalue weighted by Crippen LogP contribution is 2.15. The monoisotopic (exact) mass is 356 g/mol. The molecule has 104 valence electrons. The number of amides is 1. The summed E-state index contributed by atoms with van der Waals surface area (Å²) in [6, 6.07) is 6.08. The Labute approximate surface area is 123 Å². The summed E-state index contributed by atoms with van der Waals surface area (Å²) in [4.78, 5) is 21.1. The molecule has 1 aromatic heterocycles. The molecule has 0 saturated carbocycles. The summed E-state index contributed by atoms with van der Waals surface area (Å²) < 4.78 is 24.5. The number of hydrazine groups is 1. The van der Waals surface area contributed by atoms with Crippen molar-refractivity contribution in [2.45, 2.75) is 4.90 Å². The van der Waals surface area contributed by atoms with Crippen molar-refractivity contribution in [3.8, 4) is 0 Å². The highest BCUT2D eigenvalue weighted by molar-refractivity contribution is 9.10. The van der Waals surface area contributed by atoms with E-state index in [9.17, 15) is 13.2 Å². The molecule has 0 fully saturated rings. The Morgan fingerprint density at radius 3 is 2.70 bits per heavy atom. The van der Waals surface area contributed by atoms with E-state index in [1.165, 1.54) is 30.7 Å². The third-order valence-electron chi connectivity index (χ3n) is 2.20. The largest absolute Gasteiger partial charge is 0.286 e. The van der Waals surface area contributed by atoms with Crippen molar-refractivity contribution in [2.75, 3.05) is 0 Å². The van der Waals surface area contributed by atoms with E-state index in [1.54, 1.807) is 12.1 Å². The van der Waals surface area contributed by atoms with Gasteiger partial charge in [0.2, 0.25) is 0 Å². The van der Waals surface area contributed by atoms with Gasteiger partial charge in [0.25, 0.3) is 15.9 Å².